The van der Waals surface area contributed by atoms with Crippen LogP contribution >= 0.6 is 0 Å². The highest BCUT2D eigenvalue weighted by Crippen LogP contribution is 2.02. The first-order valence-electron chi connectivity index (χ1n) is 4.55. The van der Waals surface area contributed by atoms with Gasteiger partial charge >= 0.3 is 0 Å². The van der Waals surface area contributed by atoms with E-state index < -0.39 is 0 Å². The minimum Gasteiger partial charge on any atom is -0.394 e. The second-order valence-corrected chi connectivity index (χ2v) is 3.37. The molecule has 0 amide bonds. The minimum atomic E-state index is -0.326. The van der Waals surface area contributed by atoms with E-state index in [0.717, 1.165) is 13.0 Å². The lowest BCUT2D eigenvalue weighted by molar-refractivity contribution is 0.0388. The molecule has 1 atom stereocenters. The molecule has 13 heavy (non-hydrogen) atoms. The quantitative estimate of drug-likeness (QED) is 0.531. The number of likely N-dealkylation sites (N-methyl/N-ethyl adjacent to an activating group) is 1. The molecule has 0 aromatic carbocycles. The van der Waals surface area contributed by atoms with Crippen molar-refractivity contribution in [2.45, 2.75) is 18.9 Å². The maximum absolute atomic E-state index is 9.02. The smallest absolute Gasteiger partial charge is 0.0668 e. The minimum absolute atomic E-state index is 0.0772. The van der Waals surface area contributed by atoms with Crippen LogP contribution in [0.3, 0.4) is 0 Å². The van der Waals surface area contributed by atoms with E-state index in [0.29, 0.717) is 13.2 Å². The molecule has 0 spiro atoms. The Morgan fingerprint density at radius 2 is 2.08 bits per heavy atom. The summed E-state index contributed by atoms with van der Waals surface area (Å²) in [6, 6.07) is 0. The summed E-state index contributed by atoms with van der Waals surface area (Å²) in [7, 11) is 3.49. The molecular weight excluding hydrogens is 170 g/mol. The molecule has 1 unspecified atom stereocenters. The van der Waals surface area contributed by atoms with Crippen LogP contribution in [0.4, 0.5) is 0 Å². The number of rotatable bonds is 8. The van der Waals surface area contributed by atoms with Crippen molar-refractivity contribution in [2.75, 3.05) is 40.6 Å². The molecule has 4 heteroatoms. The van der Waals surface area contributed by atoms with Gasteiger partial charge in [-0.1, -0.05) is 0 Å². The molecule has 0 rings (SSSR count). The summed E-state index contributed by atoms with van der Waals surface area (Å²) in [5.41, 5.74) is -0.326. The van der Waals surface area contributed by atoms with Crippen LogP contribution < -0.4 is 5.32 Å². The highest BCUT2D eigenvalue weighted by molar-refractivity contribution is 4.79. The topological polar surface area (TPSA) is 50.7 Å². The Labute approximate surface area is 80.2 Å². The van der Waals surface area contributed by atoms with Crippen LogP contribution in [0.2, 0.25) is 0 Å². The van der Waals surface area contributed by atoms with Crippen molar-refractivity contribution in [3.05, 3.63) is 0 Å². The molecule has 0 aliphatic rings. The predicted octanol–water partition coefficient (Wildman–Crippen LogP) is 0.00990. The fraction of sp³-hybridized carbons (Fsp3) is 1.00. The van der Waals surface area contributed by atoms with Crippen molar-refractivity contribution in [3.63, 3.8) is 0 Å². The van der Waals surface area contributed by atoms with Gasteiger partial charge in [-0.3, -0.25) is 0 Å². The first kappa shape index (κ1) is 12.8. The van der Waals surface area contributed by atoms with Crippen molar-refractivity contribution in [2.24, 2.45) is 0 Å². The molecular formula is C9H21NO3. The molecule has 2 N–H and O–H groups in total. The second-order valence-electron chi connectivity index (χ2n) is 3.37. The van der Waals surface area contributed by atoms with E-state index in [1.54, 1.807) is 7.11 Å². The highest BCUT2D eigenvalue weighted by atomic mass is 16.5. The number of aliphatic hydroxyl groups excluding tert-OH is 1. The number of aliphatic hydroxyl groups is 1. The molecule has 0 aliphatic heterocycles. The Kier molecular flexibility index (Phi) is 7.17. The van der Waals surface area contributed by atoms with Crippen molar-refractivity contribution >= 4 is 0 Å². The Morgan fingerprint density at radius 1 is 1.38 bits per heavy atom. The molecule has 0 saturated carbocycles. The van der Waals surface area contributed by atoms with Gasteiger partial charge in [0, 0.05) is 20.3 Å². The fourth-order valence-electron chi connectivity index (χ4n) is 0.800. The Balaban J connectivity index is 3.39. The molecule has 0 bridgehead atoms. The van der Waals surface area contributed by atoms with Gasteiger partial charge in [-0.25, -0.2) is 0 Å². The molecule has 0 aromatic rings. The van der Waals surface area contributed by atoms with Crippen molar-refractivity contribution in [1.29, 1.82) is 0 Å². The van der Waals surface area contributed by atoms with Crippen LogP contribution in [0.15, 0.2) is 0 Å². The summed E-state index contributed by atoms with van der Waals surface area (Å²) < 4.78 is 10.3. The van der Waals surface area contributed by atoms with Gasteiger partial charge < -0.3 is 19.9 Å². The highest BCUT2D eigenvalue weighted by Gasteiger charge is 2.20. The normalized spacial score (nSPS) is 15.7. The van der Waals surface area contributed by atoms with Crippen LogP contribution in [0.5, 0.6) is 0 Å². The molecule has 0 aliphatic carbocycles. The van der Waals surface area contributed by atoms with Crippen LogP contribution in [-0.4, -0.2) is 51.2 Å². The summed E-state index contributed by atoms with van der Waals surface area (Å²) in [6.45, 7) is 3.90. The number of ether oxygens (including phenoxy) is 2. The zero-order valence-corrected chi connectivity index (χ0v) is 8.80. The maximum Gasteiger partial charge on any atom is 0.0668 e. The number of nitrogens with one attached hydrogen (secondary N) is 1. The average molecular weight is 191 g/mol. The van der Waals surface area contributed by atoms with Crippen LogP contribution in [-0.2, 0) is 9.47 Å². The van der Waals surface area contributed by atoms with Crippen LogP contribution in [0, 0.1) is 0 Å². The molecule has 4 nitrogen and oxygen atoms in total. The van der Waals surface area contributed by atoms with E-state index in [4.69, 9.17) is 14.6 Å². The second kappa shape index (κ2) is 7.26. The largest absolute Gasteiger partial charge is 0.394 e. The van der Waals surface area contributed by atoms with E-state index in [9.17, 15) is 0 Å². The van der Waals surface area contributed by atoms with Gasteiger partial charge in [0.15, 0.2) is 0 Å². The zero-order valence-electron chi connectivity index (χ0n) is 8.80. The van der Waals surface area contributed by atoms with Gasteiger partial charge in [-0.2, -0.15) is 0 Å². The molecule has 0 fully saturated rings. The standard InChI is InChI=1S/C9H21NO3/c1-9(7-11,10-2)8-13-6-4-5-12-3/h10-11H,4-8H2,1-3H3. The summed E-state index contributed by atoms with van der Waals surface area (Å²) in [6.07, 6.45) is 0.891. The van der Waals surface area contributed by atoms with Crippen molar-refractivity contribution in [1.82, 2.24) is 5.32 Å². The first-order valence-corrected chi connectivity index (χ1v) is 4.55. The Morgan fingerprint density at radius 3 is 2.54 bits per heavy atom. The van der Waals surface area contributed by atoms with E-state index in [1.165, 1.54) is 0 Å². The first-order chi connectivity index (χ1) is 6.18. The van der Waals surface area contributed by atoms with Gasteiger partial charge in [0.1, 0.15) is 0 Å². The lowest BCUT2D eigenvalue weighted by atomic mass is 10.1. The van der Waals surface area contributed by atoms with E-state index in [1.807, 2.05) is 14.0 Å². The number of hydrogen-bond acceptors (Lipinski definition) is 4. The monoisotopic (exact) mass is 191 g/mol. The third-order valence-electron chi connectivity index (χ3n) is 2.01. The van der Waals surface area contributed by atoms with E-state index in [2.05, 4.69) is 5.32 Å². The van der Waals surface area contributed by atoms with Gasteiger partial charge in [0.2, 0.25) is 0 Å². The molecule has 0 radical (unpaired) electrons. The van der Waals surface area contributed by atoms with Gasteiger partial charge in [-0.05, 0) is 20.4 Å². The zero-order chi connectivity index (χ0) is 10.2. The van der Waals surface area contributed by atoms with Crippen LogP contribution in [0.1, 0.15) is 13.3 Å². The predicted molar refractivity (Wildman–Crippen MR) is 51.9 cm³/mol. The third kappa shape index (κ3) is 5.99. The molecule has 0 saturated heterocycles. The SMILES string of the molecule is CNC(C)(CO)COCCCOC. The van der Waals surface area contributed by atoms with Gasteiger partial charge in [-0.15, -0.1) is 0 Å². The number of hydrogen-bond donors (Lipinski definition) is 2. The van der Waals surface area contributed by atoms with Crippen LogP contribution in [0.25, 0.3) is 0 Å². The molecule has 0 heterocycles. The van der Waals surface area contributed by atoms with E-state index in [-0.39, 0.29) is 12.1 Å². The summed E-state index contributed by atoms with van der Waals surface area (Å²) in [5.74, 6) is 0. The van der Waals surface area contributed by atoms with Crippen molar-refractivity contribution < 1.29 is 14.6 Å². The summed E-state index contributed by atoms with van der Waals surface area (Å²) in [4.78, 5) is 0. The average Bonchev–Trinajstić information content (AvgIpc) is 2.17. The Hall–Kier alpha value is -0.160. The third-order valence-corrected chi connectivity index (χ3v) is 2.01. The number of methoxy groups -OCH3 is 1. The summed E-state index contributed by atoms with van der Waals surface area (Å²) in [5, 5.41) is 12.0. The lowest BCUT2D eigenvalue weighted by Crippen LogP contribution is -2.47. The van der Waals surface area contributed by atoms with Crippen molar-refractivity contribution in [3.8, 4) is 0 Å². The van der Waals surface area contributed by atoms with Gasteiger partial charge in [0.05, 0.1) is 18.8 Å². The molecule has 0 aromatic heterocycles. The molecule has 80 valence electrons. The summed E-state index contributed by atoms with van der Waals surface area (Å²) >= 11 is 0. The fourth-order valence-corrected chi connectivity index (χ4v) is 0.800. The lowest BCUT2D eigenvalue weighted by Gasteiger charge is -2.26. The van der Waals surface area contributed by atoms with E-state index >= 15 is 0 Å². The Bertz CT molecular complexity index is 115. The van der Waals surface area contributed by atoms with Gasteiger partial charge in [0.25, 0.3) is 0 Å². The maximum atomic E-state index is 9.02.